The zero-order chi connectivity index (χ0) is 14.5. The van der Waals surface area contributed by atoms with E-state index in [1.807, 2.05) is 6.07 Å². The fourth-order valence-electron chi connectivity index (χ4n) is 2.79. The fourth-order valence-corrected chi connectivity index (χ4v) is 2.97. The van der Waals surface area contributed by atoms with Gasteiger partial charge < -0.3 is 14.7 Å². The van der Waals surface area contributed by atoms with Crippen LogP contribution in [0.15, 0.2) is 18.2 Å². The van der Waals surface area contributed by atoms with Gasteiger partial charge in [-0.1, -0.05) is 18.0 Å². The van der Waals surface area contributed by atoms with Crippen LogP contribution in [0, 0.1) is 0 Å². The number of hydrogen-bond acceptors (Lipinski definition) is 3. The van der Waals surface area contributed by atoms with Gasteiger partial charge in [0.25, 0.3) is 0 Å². The number of aliphatic hydroxyl groups is 1. The summed E-state index contributed by atoms with van der Waals surface area (Å²) in [6.07, 6.45) is 4.33. The molecule has 2 rings (SSSR count). The summed E-state index contributed by atoms with van der Waals surface area (Å²) < 4.78 is 5.86. The van der Waals surface area contributed by atoms with Crippen molar-refractivity contribution >= 4 is 11.6 Å². The number of halogens is 1. The van der Waals surface area contributed by atoms with Gasteiger partial charge in [0.2, 0.25) is 0 Å². The van der Waals surface area contributed by atoms with Crippen LogP contribution in [0.4, 0.5) is 0 Å². The predicted octanol–water partition coefficient (Wildman–Crippen LogP) is 3.65. The standard InChI is InChI=1S/C16H24ClNO2/c1-12(19)15-11-13(17)6-7-16(15)20-10-8-14-5-3-4-9-18(14)2/h6-7,11-12,14,19H,3-5,8-10H2,1-2H3. The molecule has 1 heterocycles. The van der Waals surface area contributed by atoms with E-state index in [9.17, 15) is 5.11 Å². The van der Waals surface area contributed by atoms with Crippen molar-refractivity contribution in [3.05, 3.63) is 28.8 Å². The molecule has 0 aromatic heterocycles. The maximum atomic E-state index is 9.77. The smallest absolute Gasteiger partial charge is 0.125 e. The molecule has 1 fully saturated rings. The van der Waals surface area contributed by atoms with E-state index in [-0.39, 0.29) is 0 Å². The molecule has 0 saturated carbocycles. The van der Waals surface area contributed by atoms with Crippen LogP contribution in [0.3, 0.4) is 0 Å². The minimum Gasteiger partial charge on any atom is -0.493 e. The molecule has 2 atom stereocenters. The van der Waals surface area contributed by atoms with Gasteiger partial charge in [0.05, 0.1) is 12.7 Å². The summed E-state index contributed by atoms with van der Waals surface area (Å²) in [5, 5.41) is 10.4. The topological polar surface area (TPSA) is 32.7 Å². The van der Waals surface area contributed by atoms with Crippen LogP contribution in [0.25, 0.3) is 0 Å². The second kappa shape index (κ2) is 7.30. The van der Waals surface area contributed by atoms with E-state index < -0.39 is 6.10 Å². The zero-order valence-electron chi connectivity index (χ0n) is 12.3. The highest BCUT2D eigenvalue weighted by Crippen LogP contribution is 2.28. The molecule has 1 saturated heterocycles. The van der Waals surface area contributed by atoms with Crippen LogP contribution in [0.5, 0.6) is 5.75 Å². The second-order valence-electron chi connectivity index (χ2n) is 5.63. The SMILES string of the molecule is CC(O)c1cc(Cl)ccc1OCCC1CCCCN1C. The number of piperidine rings is 1. The Labute approximate surface area is 126 Å². The van der Waals surface area contributed by atoms with Crippen molar-refractivity contribution in [2.75, 3.05) is 20.2 Å². The van der Waals surface area contributed by atoms with Gasteiger partial charge in [-0.05, 0) is 58.0 Å². The maximum Gasteiger partial charge on any atom is 0.125 e. The molecule has 2 unspecified atom stereocenters. The van der Waals surface area contributed by atoms with E-state index in [0.717, 1.165) is 17.7 Å². The first-order valence-corrected chi connectivity index (χ1v) is 7.76. The van der Waals surface area contributed by atoms with Crippen molar-refractivity contribution < 1.29 is 9.84 Å². The molecule has 20 heavy (non-hydrogen) atoms. The number of rotatable bonds is 5. The Morgan fingerprint density at radius 1 is 1.45 bits per heavy atom. The summed E-state index contributed by atoms with van der Waals surface area (Å²) in [5.74, 6) is 0.739. The minimum absolute atomic E-state index is 0.568. The fraction of sp³-hybridized carbons (Fsp3) is 0.625. The van der Waals surface area contributed by atoms with Gasteiger partial charge in [0.15, 0.2) is 0 Å². The summed E-state index contributed by atoms with van der Waals surface area (Å²) >= 11 is 5.96. The predicted molar refractivity (Wildman–Crippen MR) is 82.5 cm³/mol. The first-order chi connectivity index (χ1) is 9.58. The molecule has 112 valence electrons. The number of nitrogens with zero attached hydrogens (tertiary/aromatic N) is 1. The Hall–Kier alpha value is -0.770. The second-order valence-corrected chi connectivity index (χ2v) is 6.06. The van der Waals surface area contributed by atoms with Crippen LogP contribution < -0.4 is 4.74 Å². The summed E-state index contributed by atoms with van der Waals surface area (Å²) in [6.45, 7) is 3.59. The highest BCUT2D eigenvalue weighted by Gasteiger charge is 2.19. The summed E-state index contributed by atoms with van der Waals surface area (Å²) in [4.78, 5) is 2.42. The first-order valence-electron chi connectivity index (χ1n) is 7.38. The maximum absolute atomic E-state index is 9.77. The first kappa shape index (κ1) is 15.6. The summed E-state index contributed by atoms with van der Waals surface area (Å²) in [7, 11) is 2.19. The quantitative estimate of drug-likeness (QED) is 0.900. The average molecular weight is 298 g/mol. The molecule has 1 aromatic rings. The zero-order valence-corrected chi connectivity index (χ0v) is 13.1. The van der Waals surface area contributed by atoms with Crippen LogP contribution in [-0.4, -0.2) is 36.2 Å². The van der Waals surface area contributed by atoms with Crippen molar-refractivity contribution in [1.82, 2.24) is 4.90 Å². The van der Waals surface area contributed by atoms with Crippen molar-refractivity contribution in [2.45, 2.75) is 44.8 Å². The van der Waals surface area contributed by atoms with Gasteiger partial charge in [0.1, 0.15) is 5.75 Å². The number of aliphatic hydroxyl groups excluding tert-OH is 1. The Kier molecular flexibility index (Phi) is 5.70. The monoisotopic (exact) mass is 297 g/mol. The van der Waals surface area contributed by atoms with Crippen LogP contribution in [-0.2, 0) is 0 Å². The molecule has 1 aliphatic rings. The number of ether oxygens (including phenoxy) is 1. The Morgan fingerprint density at radius 2 is 2.25 bits per heavy atom. The van der Waals surface area contributed by atoms with E-state index in [4.69, 9.17) is 16.3 Å². The molecule has 4 heteroatoms. The van der Waals surface area contributed by atoms with Gasteiger partial charge in [0, 0.05) is 16.6 Å². The molecule has 0 aliphatic carbocycles. The van der Waals surface area contributed by atoms with Crippen LogP contribution >= 0.6 is 11.6 Å². The molecule has 1 aromatic carbocycles. The molecular weight excluding hydrogens is 274 g/mol. The lowest BCUT2D eigenvalue weighted by molar-refractivity contribution is 0.149. The summed E-state index contributed by atoms with van der Waals surface area (Å²) in [6, 6.07) is 6.03. The number of benzene rings is 1. The average Bonchev–Trinajstić information content (AvgIpc) is 2.42. The van der Waals surface area contributed by atoms with E-state index in [1.165, 1.54) is 25.8 Å². The van der Waals surface area contributed by atoms with Crippen LogP contribution in [0.2, 0.25) is 5.02 Å². The Balaban J connectivity index is 1.90. The van der Waals surface area contributed by atoms with Gasteiger partial charge in [-0.25, -0.2) is 0 Å². The minimum atomic E-state index is -0.568. The third-order valence-corrected chi connectivity index (χ3v) is 4.29. The van der Waals surface area contributed by atoms with Gasteiger partial charge in [-0.3, -0.25) is 0 Å². The van der Waals surface area contributed by atoms with Crippen molar-refractivity contribution in [2.24, 2.45) is 0 Å². The Bertz CT molecular complexity index is 436. The lowest BCUT2D eigenvalue weighted by Crippen LogP contribution is -2.37. The van der Waals surface area contributed by atoms with Crippen molar-refractivity contribution in [3.63, 3.8) is 0 Å². The molecular formula is C16H24ClNO2. The highest BCUT2D eigenvalue weighted by molar-refractivity contribution is 6.30. The normalized spacial score (nSPS) is 21.7. The number of hydrogen-bond donors (Lipinski definition) is 1. The van der Waals surface area contributed by atoms with E-state index in [0.29, 0.717) is 17.7 Å². The van der Waals surface area contributed by atoms with Gasteiger partial charge in [-0.2, -0.15) is 0 Å². The largest absolute Gasteiger partial charge is 0.493 e. The van der Waals surface area contributed by atoms with Crippen molar-refractivity contribution in [1.29, 1.82) is 0 Å². The Morgan fingerprint density at radius 3 is 2.95 bits per heavy atom. The molecule has 3 nitrogen and oxygen atoms in total. The van der Waals surface area contributed by atoms with Crippen LogP contribution in [0.1, 0.15) is 44.3 Å². The van der Waals surface area contributed by atoms with E-state index >= 15 is 0 Å². The third-order valence-electron chi connectivity index (χ3n) is 4.05. The van der Waals surface area contributed by atoms with Gasteiger partial charge >= 0.3 is 0 Å². The van der Waals surface area contributed by atoms with Crippen molar-refractivity contribution in [3.8, 4) is 5.75 Å². The third kappa shape index (κ3) is 4.11. The highest BCUT2D eigenvalue weighted by atomic mass is 35.5. The van der Waals surface area contributed by atoms with E-state index in [2.05, 4.69) is 11.9 Å². The molecule has 0 amide bonds. The summed E-state index contributed by atoms with van der Waals surface area (Å²) in [5.41, 5.74) is 0.759. The molecule has 1 aliphatic heterocycles. The molecule has 1 N–H and O–H groups in total. The lowest BCUT2D eigenvalue weighted by Gasteiger charge is -2.32. The molecule has 0 spiro atoms. The van der Waals surface area contributed by atoms with Gasteiger partial charge in [-0.15, -0.1) is 0 Å². The number of likely N-dealkylation sites (tertiary alicyclic amines) is 1. The lowest BCUT2D eigenvalue weighted by atomic mass is 10.0. The molecule has 0 bridgehead atoms. The van der Waals surface area contributed by atoms with E-state index in [1.54, 1.807) is 19.1 Å². The molecule has 0 radical (unpaired) electrons.